The number of carbonyl (C=O) groups excluding carboxylic acids is 2. The molecule has 0 bridgehead atoms. The Balaban J connectivity index is 1.74. The molecule has 0 aliphatic carbocycles. The molecule has 6 heteroatoms. The van der Waals surface area contributed by atoms with Gasteiger partial charge in [0.15, 0.2) is 0 Å². The van der Waals surface area contributed by atoms with E-state index >= 15 is 0 Å². The maximum Gasteiger partial charge on any atom is 0.315 e. The van der Waals surface area contributed by atoms with Gasteiger partial charge in [0, 0.05) is 16.0 Å². The summed E-state index contributed by atoms with van der Waals surface area (Å²) in [6.45, 7) is 0.749. The van der Waals surface area contributed by atoms with Gasteiger partial charge in [-0.25, -0.2) is 4.79 Å². The van der Waals surface area contributed by atoms with Crippen molar-refractivity contribution in [2.75, 3.05) is 6.54 Å². The predicted molar refractivity (Wildman–Crippen MR) is 86.4 cm³/mol. The number of nitrogens with two attached hydrogens (primary N) is 1. The van der Waals surface area contributed by atoms with Crippen molar-refractivity contribution in [3.8, 4) is 11.8 Å². The molecule has 0 spiro atoms. The second-order valence-corrected chi connectivity index (χ2v) is 5.39. The van der Waals surface area contributed by atoms with Gasteiger partial charge in [-0.3, -0.25) is 4.79 Å². The van der Waals surface area contributed by atoms with Crippen molar-refractivity contribution in [1.82, 2.24) is 10.6 Å². The topological polar surface area (TPSA) is 84.2 Å². The number of nitrogens with one attached hydrogen (secondary N) is 2. The first kappa shape index (κ1) is 15.6. The molecule has 5 nitrogen and oxygen atoms in total. The van der Waals surface area contributed by atoms with Crippen LogP contribution in [0.15, 0.2) is 41.8 Å². The predicted octanol–water partition coefficient (Wildman–Crippen LogP) is 1.70. The molecule has 3 amide bonds. The van der Waals surface area contributed by atoms with E-state index in [-0.39, 0.29) is 12.6 Å². The fourth-order valence-electron chi connectivity index (χ4n) is 1.63. The van der Waals surface area contributed by atoms with Crippen LogP contribution in [-0.2, 0) is 6.54 Å². The minimum absolute atomic E-state index is 0.244. The number of carbonyl (C=O) groups is 2. The first-order valence-electron chi connectivity index (χ1n) is 6.58. The molecule has 0 radical (unpaired) electrons. The maximum atomic E-state index is 11.5. The Morgan fingerprint density at radius 1 is 1.14 bits per heavy atom. The van der Waals surface area contributed by atoms with Crippen molar-refractivity contribution in [2.45, 2.75) is 6.54 Å². The second-order valence-electron chi connectivity index (χ2n) is 4.36. The Hall–Kier alpha value is -2.78. The molecule has 1 aromatic carbocycles. The minimum atomic E-state index is -0.469. The zero-order valence-electron chi connectivity index (χ0n) is 11.8. The molecular weight excluding hydrogens is 298 g/mol. The van der Waals surface area contributed by atoms with Gasteiger partial charge < -0.3 is 16.4 Å². The van der Waals surface area contributed by atoms with Crippen molar-refractivity contribution in [2.24, 2.45) is 5.73 Å². The summed E-state index contributed by atoms with van der Waals surface area (Å²) < 4.78 is 0. The van der Waals surface area contributed by atoms with Gasteiger partial charge in [-0.15, -0.1) is 11.3 Å². The lowest BCUT2D eigenvalue weighted by atomic mass is 10.1. The number of urea groups is 1. The summed E-state index contributed by atoms with van der Waals surface area (Å²) in [5.41, 5.74) is 6.35. The lowest BCUT2D eigenvalue weighted by molar-refractivity contribution is 0.100. The monoisotopic (exact) mass is 313 g/mol. The van der Waals surface area contributed by atoms with Gasteiger partial charge in [0.25, 0.3) is 0 Å². The van der Waals surface area contributed by atoms with E-state index in [1.54, 1.807) is 35.6 Å². The first-order chi connectivity index (χ1) is 10.6. The van der Waals surface area contributed by atoms with Crippen molar-refractivity contribution in [3.63, 3.8) is 0 Å². The molecule has 0 aliphatic rings. The molecule has 1 aromatic heterocycles. The van der Waals surface area contributed by atoms with E-state index in [1.807, 2.05) is 17.5 Å². The molecule has 0 atom stereocenters. The number of hydrogen-bond acceptors (Lipinski definition) is 3. The third-order valence-corrected chi connectivity index (χ3v) is 3.62. The standard InChI is InChI=1S/C16H15N3O2S/c17-15(20)13-7-5-12(6-8-13)3-1-9-18-16(21)19-11-14-4-2-10-22-14/h2,4-8,10H,9,11H2,(H2,17,20)(H2,18,19,21). The average Bonchev–Trinajstić information content (AvgIpc) is 3.03. The molecule has 112 valence electrons. The molecule has 2 rings (SSSR count). The highest BCUT2D eigenvalue weighted by Crippen LogP contribution is 2.07. The van der Waals surface area contributed by atoms with Crippen LogP contribution in [0, 0.1) is 11.8 Å². The Kier molecular flexibility index (Phi) is 5.57. The normalized spacial score (nSPS) is 9.45. The van der Waals surface area contributed by atoms with E-state index in [2.05, 4.69) is 22.5 Å². The lowest BCUT2D eigenvalue weighted by Gasteiger charge is -2.03. The lowest BCUT2D eigenvalue weighted by Crippen LogP contribution is -2.34. The number of thiophene rings is 1. The Bertz CT molecular complexity index is 697. The van der Waals surface area contributed by atoms with Gasteiger partial charge in [-0.2, -0.15) is 0 Å². The molecule has 0 saturated heterocycles. The number of amides is 3. The Labute approximate surface area is 132 Å². The van der Waals surface area contributed by atoms with E-state index in [4.69, 9.17) is 5.73 Å². The molecule has 22 heavy (non-hydrogen) atoms. The third-order valence-electron chi connectivity index (χ3n) is 2.74. The van der Waals surface area contributed by atoms with Gasteiger partial charge in [0.05, 0.1) is 13.1 Å². The van der Waals surface area contributed by atoms with Gasteiger partial charge in [-0.1, -0.05) is 17.9 Å². The molecule has 1 heterocycles. The maximum absolute atomic E-state index is 11.5. The van der Waals surface area contributed by atoms with Crippen molar-refractivity contribution >= 4 is 23.3 Å². The third kappa shape index (κ3) is 4.96. The van der Waals surface area contributed by atoms with Crippen LogP contribution in [0.1, 0.15) is 20.8 Å². The zero-order valence-corrected chi connectivity index (χ0v) is 12.6. The van der Waals surface area contributed by atoms with Crippen LogP contribution in [0.3, 0.4) is 0 Å². The fourth-order valence-corrected chi connectivity index (χ4v) is 2.28. The van der Waals surface area contributed by atoms with Crippen LogP contribution in [0.25, 0.3) is 0 Å². The highest BCUT2D eigenvalue weighted by atomic mass is 32.1. The second kappa shape index (κ2) is 7.86. The van der Waals surface area contributed by atoms with E-state index < -0.39 is 5.91 Å². The number of rotatable bonds is 4. The van der Waals surface area contributed by atoms with Gasteiger partial charge >= 0.3 is 6.03 Å². The van der Waals surface area contributed by atoms with Crippen LogP contribution < -0.4 is 16.4 Å². The van der Waals surface area contributed by atoms with Gasteiger partial charge in [0.1, 0.15) is 0 Å². The summed E-state index contributed by atoms with van der Waals surface area (Å²) in [7, 11) is 0. The van der Waals surface area contributed by atoms with Crippen LogP contribution in [0.5, 0.6) is 0 Å². The molecule has 0 saturated carbocycles. The smallest absolute Gasteiger partial charge is 0.315 e. The molecule has 2 aromatic rings. The van der Waals surface area contributed by atoms with Gasteiger partial charge in [0.2, 0.25) is 5.91 Å². The molecule has 0 aliphatic heterocycles. The number of primary amides is 1. The van der Waals surface area contributed by atoms with Crippen molar-refractivity contribution in [1.29, 1.82) is 0 Å². The van der Waals surface area contributed by atoms with E-state index in [0.29, 0.717) is 12.1 Å². The van der Waals surface area contributed by atoms with Crippen LogP contribution in [0.2, 0.25) is 0 Å². The molecule has 0 unspecified atom stereocenters. The summed E-state index contributed by atoms with van der Waals surface area (Å²) in [6.07, 6.45) is 0. The van der Waals surface area contributed by atoms with Crippen LogP contribution >= 0.6 is 11.3 Å². The number of hydrogen-bond donors (Lipinski definition) is 3. The van der Waals surface area contributed by atoms with Crippen LogP contribution in [0.4, 0.5) is 4.79 Å². The molecule has 0 fully saturated rings. The SMILES string of the molecule is NC(=O)c1ccc(C#CCNC(=O)NCc2cccs2)cc1. The van der Waals surface area contributed by atoms with E-state index in [9.17, 15) is 9.59 Å². The molecular formula is C16H15N3O2S. The van der Waals surface area contributed by atoms with Crippen LogP contribution in [-0.4, -0.2) is 18.5 Å². The zero-order chi connectivity index (χ0) is 15.8. The van der Waals surface area contributed by atoms with Crippen molar-refractivity contribution < 1.29 is 9.59 Å². The quantitative estimate of drug-likeness (QED) is 0.751. The Morgan fingerprint density at radius 3 is 2.55 bits per heavy atom. The first-order valence-corrected chi connectivity index (χ1v) is 7.46. The Morgan fingerprint density at radius 2 is 1.91 bits per heavy atom. The van der Waals surface area contributed by atoms with E-state index in [1.165, 1.54) is 0 Å². The summed E-state index contributed by atoms with van der Waals surface area (Å²) in [5, 5.41) is 7.36. The summed E-state index contributed by atoms with van der Waals surface area (Å²) in [4.78, 5) is 23.6. The summed E-state index contributed by atoms with van der Waals surface area (Å²) in [6, 6.07) is 10.3. The largest absolute Gasteiger partial charge is 0.366 e. The number of benzene rings is 1. The van der Waals surface area contributed by atoms with E-state index in [0.717, 1.165) is 10.4 Å². The average molecular weight is 313 g/mol. The van der Waals surface area contributed by atoms with Gasteiger partial charge in [-0.05, 0) is 35.7 Å². The fraction of sp³-hybridized carbons (Fsp3) is 0.125. The summed E-state index contributed by atoms with van der Waals surface area (Å²) >= 11 is 1.59. The highest BCUT2D eigenvalue weighted by Gasteiger charge is 1.99. The summed E-state index contributed by atoms with van der Waals surface area (Å²) in [5.74, 6) is 5.26. The van der Waals surface area contributed by atoms with Crippen molar-refractivity contribution in [3.05, 3.63) is 57.8 Å². The highest BCUT2D eigenvalue weighted by molar-refractivity contribution is 7.09. The molecule has 4 N–H and O–H groups in total. The minimum Gasteiger partial charge on any atom is -0.366 e.